The SMILES string of the molecule is CN(Cc1cnn(C)c1)C(=O)CCNC(=O)c1ccsc1. The van der Waals surface area contributed by atoms with E-state index in [2.05, 4.69) is 10.4 Å². The van der Waals surface area contributed by atoms with Gasteiger partial charge >= 0.3 is 0 Å². The molecule has 0 aromatic carbocycles. The molecule has 0 saturated heterocycles. The van der Waals surface area contributed by atoms with Gasteiger partial charge in [0, 0.05) is 56.3 Å². The zero-order valence-electron chi connectivity index (χ0n) is 12.1. The lowest BCUT2D eigenvalue weighted by molar-refractivity contribution is -0.130. The lowest BCUT2D eigenvalue weighted by Gasteiger charge is -2.16. The lowest BCUT2D eigenvalue weighted by Crippen LogP contribution is -2.31. The molecule has 0 aliphatic heterocycles. The Morgan fingerprint density at radius 1 is 1.48 bits per heavy atom. The molecule has 1 N–H and O–H groups in total. The highest BCUT2D eigenvalue weighted by Crippen LogP contribution is 2.06. The minimum Gasteiger partial charge on any atom is -0.351 e. The first kappa shape index (κ1) is 15.2. The van der Waals surface area contributed by atoms with Gasteiger partial charge in [0.2, 0.25) is 5.91 Å². The fourth-order valence-corrected chi connectivity index (χ4v) is 2.52. The topological polar surface area (TPSA) is 67.2 Å². The lowest BCUT2D eigenvalue weighted by atomic mass is 10.3. The number of carbonyl (C=O) groups excluding carboxylic acids is 2. The summed E-state index contributed by atoms with van der Waals surface area (Å²) in [5, 5.41) is 10.4. The van der Waals surface area contributed by atoms with Crippen molar-refractivity contribution < 1.29 is 9.59 Å². The minimum atomic E-state index is -0.140. The van der Waals surface area contributed by atoms with Gasteiger partial charge in [-0.05, 0) is 11.4 Å². The zero-order valence-corrected chi connectivity index (χ0v) is 12.9. The number of nitrogens with zero attached hydrogens (tertiary/aromatic N) is 3. The molecule has 0 aliphatic carbocycles. The van der Waals surface area contributed by atoms with Crippen LogP contribution in [-0.4, -0.2) is 40.1 Å². The van der Waals surface area contributed by atoms with Gasteiger partial charge < -0.3 is 10.2 Å². The van der Waals surface area contributed by atoms with E-state index in [1.807, 2.05) is 18.6 Å². The quantitative estimate of drug-likeness (QED) is 0.873. The molecule has 0 fully saturated rings. The summed E-state index contributed by atoms with van der Waals surface area (Å²) in [6.45, 7) is 0.857. The van der Waals surface area contributed by atoms with Crippen molar-refractivity contribution in [3.8, 4) is 0 Å². The van der Waals surface area contributed by atoms with Gasteiger partial charge in [0.05, 0.1) is 6.20 Å². The summed E-state index contributed by atoms with van der Waals surface area (Å²) in [5.74, 6) is -0.150. The number of nitrogens with one attached hydrogen (secondary N) is 1. The molecule has 0 bridgehead atoms. The Morgan fingerprint density at radius 3 is 2.90 bits per heavy atom. The van der Waals surface area contributed by atoms with Gasteiger partial charge in [-0.1, -0.05) is 0 Å². The Labute approximate surface area is 127 Å². The van der Waals surface area contributed by atoms with E-state index in [1.54, 1.807) is 34.3 Å². The van der Waals surface area contributed by atoms with Crippen LogP contribution < -0.4 is 5.32 Å². The van der Waals surface area contributed by atoms with Crippen molar-refractivity contribution in [2.45, 2.75) is 13.0 Å². The van der Waals surface area contributed by atoms with Crippen molar-refractivity contribution in [1.29, 1.82) is 0 Å². The van der Waals surface area contributed by atoms with E-state index in [1.165, 1.54) is 11.3 Å². The Kier molecular flexibility index (Phi) is 5.10. The van der Waals surface area contributed by atoms with Gasteiger partial charge in [-0.3, -0.25) is 14.3 Å². The van der Waals surface area contributed by atoms with E-state index in [-0.39, 0.29) is 18.2 Å². The first-order chi connectivity index (χ1) is 10.1. The molecule has 2 amide bonds. The Bertz CT molecular complexity index is 606. The van der Waals surface area contributed by atoms with Gasteiger partial charge in [-0.25, -0.2) is 0 Å². The third-order valence-corrected chi connectivity index (χ3v) is 3.69. The molecule has 2 heterocycles. The Hall–Kier alpha value is -2.15. The average Bonchev–Trinajstić information content (AvgIpc) is 3.10. The predicted molar refractivity (Wildman–Crippen MR) is 81.0 cm³/mol. The van der Waals surface area contributed by atoms with Crippen LogP contribution in [0.1, 0.15) is 22.3 Å². The van der Waals surface area contributed by atoms with Gasteiger partial charge in [-0.2, -0.15) is 16.4 Å². The highest BCUT2D eigenvalue weighted by Gasteiger charge is 2.11. The van der Waals surface area contributed by atoms with E-state index in [9.17, 15) is 9.59 Å². The fraction of sp³-hybridized carbons (Fsp3) is 0.357. The van der Waals surface area contributed by atoms with Crippen LogP contribution in [0.25, 0.3) is 0 Å². The van der Waals surface area contributed by atoms with Crippen molar-refractivity contribution in [1.82, 2.24) is 20.0 Å². The smallest absolute Gasteiger partial charge is 0.252 e. The maximum Gasteiger partial charge on any atom is 0.252 e. The van der Waals surface area contributed by atoms with Gasteiger partial charge in [0.1, 0.15) is 0 Å². The zero-order chi connectivity index (χ0) is 15.2. The van der Waals surface area contributed by atoms with Crippen molar-refractivity contribution in [2.75, 3.05) is 13.6 Å². The second kappa shape index (κ2) is 7.03. The van der Waals surface area contributed by atoms with Gasteiger partial charge in [0.25, 0.3) is 5.91 Å². The predicted octanol–water partition coefficient (Wildman–Crippen LogP) is 1.26. The number of amides is 2. The van der Waals surface area contributed by atoms with Crippen LogP contribution in [0.4, 0.5) is 0 Å². The standard InChI is InChI=1S/C14H18N4O2S/c1-17(8-11-7-16-18(2)9-11)13(19)3-5-15-14(20)12-4-6-21-10-12/h4,6-7,9-10H,3,5,8H2,1-2H3,(H,15,20). The second-order valence-electron chi connectivity index (χ2n) is 4.79. The van der Waals surface area contributed by atoms with Crippen molar-refractivity contribution >= 4 is 23.2 Å². The summed E-state index contributed by atoms with van der Waals surface area (Å²) in [5.41, 5.74) is 1.62. The first-order valence-electron chi connectivity index (χ1n) is 6.58. The molecule has 0 radical (unpaired) electrons. The number of hydrogen-bond acceptors (Lipinski definition) is 4. The van der Waals surface area contributed by atoms with Crippen LogP contribution in [0.3, 0.4) is 0 Å². The van der Waals surface area contributed by atoms with Crippen LogP contribution in [0.15, 0.2) is 29.2 Å². The van der Waals surface area contributed by atoms with Gasteiger partial charge in [-0.15, -0.1) is 0 Å². The molecule has 21 heavy (non-hydrogen) atoms. The first-order valence-corrected chi connectivity index (χ1v) is 7.52. The summed E-state index contributed by atoms with van der Waals surface area (Å²) in [6.07, 6.45) is 3.90. The molecule has 6 nitrogen and oxygen atoms in total. The third kappa shape index (κ3) is 4.42. The van der Waals surface area contributed by atoms with E-state index < -0.39 is 0 Å². The summed E-state index contributed by atoms with van der Waals surface area (Å²) in [4.78, 5) is 25.3. The maximum absolute atomic E-state index is 12.0. The van der Waals surface area contributed by atoms with Crippen LogP contribution in [-0.2, 0) is 18.4 Å². The van der Waals surface area contributed by atoms with E-state index in [4.69, 9.17) is 0 Å². The number of rotatable bonds is 6. The molecule has 0 unspecified atom stereocenters. The molecule has 2 rings (SSSR count). The monoisotopic (exact) mass is 306 g/mol. The average molecular weight is 306 g/mol. The van der Waals surface area contributed by atoms with Crippen molar-refractivity contribution in [2.24, 2.45) is 7.05 Å². The largest absolute Gasteiger partial charge is 0.351 e. The number of carbonyl (C=O) groups is 2. The number of aromatic nitrogens is 2. The highest BCUT2D eigenvalue weighted by molar-refractivity contribution is 7.08. The molecule has 7 heteroatoms. The molecular formula is C14H18N4O2S. The van der Waals surface area contributed by atoms with Gasteiger partial charge in [0.15, 0.2) is 0 Å². The van der Waals surface area contributed by atoms with Crippen LogP contribution >= 0.6 is 11.3 Å². The van der Waals surface area contributed by atoms with E-state index in [0.29, 0.717) is 18.7 Å². The molecule has 0 spiro atoms. The Balaban J connectivity index is 1.72. The molecular weight excluding hydrogens is 288 g/mol. The second-order valence-corrected chi connectivity index (χ2v) is 5.57. The summed E-state index contributed by atoms with van der Waals surface area (Å²) >= 11 is 1.47. The number of aryl methyl sites for hydroxylation is 1. The number of hydrogen-bond donors (Lipinski definition) is 1. The summed E-state index contributed by atoms with van der Waals surface area (Å²) in [6, 6.07) is 1.76. The minimum absolute atomic E-state index is 0.00975. The highest BCUT2D eigenvalue weighted by atomic mass is 32.1. The summed E-state index contributed by atoms with van der Waals surface area (Å²) < 4.78 is 1.70. The molecule has 0 saturated carbocycles. The molecule has 2 aromatic heterocycles. The van der Waals surface area contributed by atoms with Crippen molar-refractivity contribution in [3.05, 3.63) is 40.3 Å². The van der Waals surface area contributed by atoms with E-state index in [0.717, 1.165) is 5.56 Å². The Morgan fingerprint density at radius 2 is 2.29 bits per heavy atom. The van der Waals surface area contributed by atoms with Crippen LogP contribution in [0.2, 0.25) is 0 Å². The molecule has 0 aliphatic rings. The molecule has 2 aromatic rings. The summed E-state index contributed by atoms with van der Waals surface area (Å²) in [7, 11) is 3.58. The fourth-order valence-electron chi connectivity index (χ4n) is 1.89. The van der Waals surface area contributed by atoms with Crippen LogP contribution in [0, 0.1) is 0 Å². The molecule has 112 valence electrons. The third-order valence-electron chi connectivity index (χ3n) is 3.01. The van der Waals surface area contributed by atoms with E-state index >= 15 is 0 Å². The van der Waals surface area contributed by atoms with Crippen molar-refractivity contribution in [3.63, 3.8) is 0 Å². The van der Waals surface area contributed by atoms with Crippen LogP contribution in [0.5, 0.6) is 0 Å². The maximum atomic E-state index is 12.0. The molecule has 0 atom stereocenters. The normalized spacial score (nSPS) is 10.4. The number of thiophene rings is 1.